The quantitative estimate of drug-likeness (QED) is 0.0505. The number of aliphatic carboxylic acids is 1. The maximum Gasteiger partial charge on any atom is 0.303 e. The van der Waals surface area contributed by atoms with E-state index in [1.165, 1.54) is 4.90 Å². The Hall–Kier alpha value is -4.92. The predicted molar refractivity (Wildman–Crippen MR) is 179 cm³/mol. The van der Waals surface area contributed by atoms with Crippen LogP contribution in [0.25, 0.3) is 10.8 Å². The van der Waals surface area contributed by atoms with E-state index in [1.54, 1.807) is 0 Å². The molecule has 4 atom stereocenters. The average Bonchev–Trinajstić information content (AvgIpc) is 3.06. The third kappa shape index (κ3) is 11.4. The Bertz CT molecular complexity index is 1520. The molecular formula is C32H43ClN8O7. The normalized spacial score (nSPS) is 16.2. The molecule has 2 aromatic rings. The number of carboxylic acids is 1. The summed E-state index contributed by atoms with van der Waals surface area (Å²) in [5.41, 5.74) is 17.0. The van der Waals surface area contributed by atoms with E-state index in [4.69, 9.17) is 28.8 Å². The number of piperidine rings is 1. The summed E-state index contributed by atoms with van der Waals surface area (Å²) in [6.45, 7) is 0.391. The van der Waals surface area contributed by atoms with E-state index in [0.29, 0.717) is 19.3 Å². The highest BCUT2D eigenvalue weighted by Crippen LogP contribution is 2.21. The third-order valence-electron chi connectivity index (χ3n) is 7.98. The number of likely N-dealkylation sites (tertiary alicyclic amines) is 1. The fourth-order valence-electron chi connectivity index (χ4n) is 5.57. The zero-order valence-corrected chi connectivity index (χ0v) is 27.3. The first kappa shape index (κ1) is 37.5. The molecule has 1 fully saturated rings. The fourth-order valence-corrected chi connectivity index (χ4v) is 5.64. The van der Waals surface area contributed by atoms with Gasteiger partial charge in [-0.1, -0.05) is 42.5 Å². The van der Waals surface area contributed by atoms with Crippen LogP contribution >= 0.6 is 11.6 Å². The van der Waals surface area contributed by atoms with Crippen molar-refractivity contribution in [2.75, 3.05) is 19.0 Å². The number of nitrogens with two attached hydrogens (primary N) is 3. The number of guanidine groups is 1. The van der Waals surface area contributed by atoms with Crippen LogP contribution in [-0.4, -0.2) is 94.6 Å². The molecule has 16 heteroatoms. The van der Waals surface area contributed by atoms with Gasteiger partial charge in [0.2, 0.25) is 29.5 Å². The Balaban J connectivity index is 1.86. The molecule has 260 valence electrons. The Morgan fingerprint density at radius 1 is 0.917 bits per heavy atom. The number of carboxylic acid groups (broad SMARTS) is 1. The van der Waals surface area contributed by atoms with Crippen LogP contribution in [0.5, 0.6) is 0 Å². The highest BCUT2D eigenvalue weighted by atomic mass is 35.5. The summed E-state index contributed by atoms with van der Waals surface area (Å²) in [4.78, 5) is 82.0. The number of hydrogen-bond acceptors (Lipinski definition) is 7. The lowest BCUT2D eigenvalue weighted by molar-refractivity contribution is -0.146. The highest BCUT2D eigenvalue weighted by molar-refractivity contribution is 6.27. The number of halogens is 1. The maximum absolute atomic E-state index is 13.9. The van der Waals surface area contributed by atoms with Crippen LogP contribution in [0.3, 0.4) is 0 Å². The lowest BCUT2D eigenvalue weighted by Gasteiger charge is -2.37. The van der Waals surface area contributed by atoms with E-state index in [0.717, 1.165) is 16.3 Å². The predicted octanol–water partition coefficient (Wildman–Crippen LogP) is -0.140. The fraction of sp³-hybridized carbons (Fsp3) is 0.469. The lowest BCUT2D eigenvalue weighted by atomic mass is 9.97. The SMILES string of the molecule is NC(=O)[C@H](CCCN=C(N)N)NC(=O)C(Cc1ccc2ccccc2c1)NC(=O)[C@@H]1CCCCN1C(=O)[C@H](CCC(=O)O)NC(=O)CCl. The second-order valence-corrected chi connectivity index (χ2v) is 11.9. The van der Waals surface area contributed by atoms with Gasteiger partial charge in [0.1, 0.15) is 30.0 Å². The number of primary amides is 1. The van der Waals surface area contributed by atoms with Crippen molar-refractivity contribution in [1.82, 2.24) is 20.9 Å². The van der Waals surface area contributed by atoms with E-state index in [1.807, 2.05) is 42.5 Å². The number of benzene rings is 2. The zero-order valence-electron chi connectivity index (χ0n) is 26.5. The molecule has 5 amide bonds. The molecule has 1 heterocycles. The van der Waals surface area contributed by atoms with Gasteiger partial charge < -0.3 is 43.2 Å². The number of nitrogens with one attached hydrogen (secondary N) is 3. The number of aliphatic imine (C=N–C) groups is 1. The van der Waals surface area contributed by atoms with Crippen molar-refractivity contribution >= 4 is 63.8 Å². The third-order valence-corrected chi connectivity index (χ3v) is 8.22. The molecule has 48 heavy (non-hydrogen) atoms. The number of fused-ring (bicyclic) bond motifs is 1. The van der Waals surface area contributed by atoms with E-state index in [9.17, 15) is 33.9 Å². The van der Waals surface area contributed by atoms with Gasteiger partial charge in [0.15, 0.2) is 5.96 Å². The van der Waals surface area contributed by atoms with Crippen molar-refractivity contribution in [1.29, 1.82) is 0 Å². The zero-order chi connectivity index (χ0) is 35.2. The molecule has 0 aliphatic carbocycles. The molecule has 0 spiro atoms. The molecule has 1 aliphatic heterocycles. The van der Waals surface area contributed by atoms with Crippen molar-refractivity contribution in [2.24, 2.45) is 22.2 Å². The number of carbonyl (C=O) groups excluding carboxylic acids is 5. The van der Waals surface area contributed by atoms with Gasteiger partial charge in [-0.05, 0) is 54.9 Å². The average molecular weight is 687 g/mol. The molecule has 1 unspecified atom stereocenters. The van der Waals surface area contributed by atoms with Gasteiger partial charge in [-0.25, -0.2) is 0 Å². The molecule has 0 radical (unpaired) electrons. The van der Waals surface area contributed by atoms with Gasteiger partial charge in [0, 0.05) is 25.9 Å². The van der Waals surface area contributed by atoms with Crippen LogP contribution in [0, 0.1) is 0 Å². The summed E-state index contributed by atoms with van der Waals surface area (Å²) in [7, 11) is 0. The number of alkyl halides is 1. The molecule has 1 aliphatic rings. The van der Waals surface area contributed by atoms with Gasteiger partial charge in [0.25, 0.3) is 0 Å². The minimum atomic E-state index is -1.22. The van der Waals surface area contributed by atoms with Crippen molar-refractivity contribution < 1.29 is 33.9 Å². The van der Waals surface area contributed by atoms with Gasteiger partial charge in [-0.2, -0.15) is 0 Å². The molecule has 3 rings (SSSR count). The van der Waals surface area contributed by atoms with E-state index in [-0.39, 0.29) is 44.7 Å². The minimum Gasteiger partial charge on any atom is -0.481 e. The van der Waals surface area contributed by atoms with Gasteiger partial charge in [-0.15, -0.1) is 11.6 Å². The number of hydrogen-bond donors (Lipinski definition) is 7. The Morgan fingerprint density at radius 2 is 1.65 bits per heavy atom. The molecule has 2 aromatic carbocycles. The van der Waals surface area contributed by atoms with Crippen molar-refractivity contribution in [3.05, 3.63) is 48.0 Å². The molecule has 15 nitrogen and oxygen atoms in total. The van der Waals surface area contributed by atoms with Crippen LogP contribution in [-0.2, 0) is 35.2 Å². The van der Waals surface area contributed by atoms with Gasteiger partial charge >= 0.3 is 5.97 Å². The van der Waals surface area contributed by atoms with E-state index in [2.05, 4.69) is 20.9 Å². The summed E-state index contributed by atoms with van der Waals surface area (Å²) >= 11 is 5.62. The topological polar surface area (TPSA) is 252 Å². The van der Waals surface area contributed by atoms with Crippen LogP contribution in [0.2, 0.25) is 0 Å². The number of nitrogens with zero attached hydrogens (tertiary/aromatic N) is 2. The number of carbonyl (C=O) groups is 6. The first-order chi connectivity index (χ1) is 22.9. The maximum atomic E-state index is 13.9. The van der Waals surface area contributed by atoms with Crippen LogP contribution in [0.1, 0.15) is 50.5 Å². The summed E-state index contributed by atoms with van der Waals surface area (Å²) in [5, 5.41) is 19.0. The largest absolute Gasteiger partial charge is 0.481 e. The van der Waals surface area contributed by atoms with Crippen LogP contribution in [0.15, 0.2) is 47.5 Å². The Kier molecular flexibility index (Phi) is 14.4. The van der Waals surface area contributed by atoms with Crippen LogP contribution in [0.4, 0.5) is 0 Å². The minimum absolute atomic E-state index is 0.0512. The summed E-state index contributed by atoms with van der Waals surface area (Å²) in [5.74, 6) is -5.05. The second kappa shape index (κ2) is 18.4. The monoisotopic (exact) mass is 686 g/mol. The first-order valence-corrected chi connectivity index (χ1v) is 16.2. The highest BCUT2D eigenvalue weighted by Gasteiger charge is 2.38. The van der Waals surface area contributed by atoms with E-state index >= 15 is 0 Å². The summed E-state index contributed by atoms with van der Waals surface area (Å²) < 4.78 is 0. The van der Waals surface area contributed by atoms with E-state index < -0.39 is 72.0 Å². The summed E-state index contributed by atoms with van der Waals surface area (Å²) in [6, 6.07) is 8.80. The van der Waals surface area contributed by atoms with Gasteiger partial charge in [-0.3, -0.25) is 33.8 Å². The van der Waals surface area contributed by atoms with Crippen molar-refractivity contribution in [3.63, 3.8) is 0 Å². The lowest BCUT2D eigenvalue weighted by Crippen LogP contribution is -2.60. The molecule has 0 aromatic heterocycles. The first-order valence-electron chi connectivity index (χ1n) is 15.7. The van der Waals surface area contributed by atoms with Gasteiger partial charge in [0.05, 0.1) is 0 Å². The Morgan fingerprint density at radius 3 is 2.31 bits per heavy atom. The van der Waals surface area contributed by atoms with Crippen molar-refractivity contribution in [2.45, 2.75) is 75.5 Å². The molecule has 0 saturated carbocycles. The molecule has 1 saturated heterocycles. The standard InChI is InChI=1S/C32H43ClN8O7/c33-18-26(42)38-23(12-13-27(43)44)31(48)41-15-4-3-9-25(41)30(47)40-24(17-19-10-11-20-6-1-2-7-21(20)16-19)29(46)39-22(28(34)45)8-5-14-37-32(35)36/h1-2,6-7,10-11,16,22-25H,3-5,8-9,12-15,17-18H2,(H2,34,45)(H,38,42)(H,39,46)(H,40,47)(H,43,44)(H4,35,36,37)/t22-,23-,24?,25-/m0/s1. The molecular weight excluding hydrogens is 644 g/mol. The molecule has 10 N–H and O–H groups in total. The smallest absolute Gasteiger partial charge is 0.303 e. The Labute approximate surface area is 283 Å². The van der Waals surface area contributed by atoms with Crippen molar-refractivity contribution in [3.8, 4) is 0 Å². The number of rotatable bonds is 17. The summed E-state index contributed by atoms with van der Waals surface area (Å²) in [6.07, 6.45) is 1.39. The molecule has 0 bridgehead atoms. The van der Waals surface area contributed by atoms with Crippen LogP contribution < -0.4 is 33.2 Å². The second-order valence-electron chi connectivity index (χ2n) is 11.6. The number of amides is 5.